The molecule has 0 saturated heterocycles. The number of hydrogen-bond donors (Lipinski definition) is 2. The SMILES string of the molecule is COc1cc(OC)c(C2C(C(N)=O)=C(C)Nc3nc(-c4cccnc4)nn32)cc1OC. The molecule has 10 heteroatoms. The number of rotatable bonds is 6. The Morgan fingerprint density at radius 2 is 1.84 bits per heavy atom. The summed E-state index contributed by atoms with van der Waals surface area (Å²) in [6.45, 7) is 1.77. The molecular weight excluding hydrogens is 400 g/mol. The van der Waals surface area contributed by atoms with Crippen molar-refractivity contribution in [3.8, 4) is 28.6 Å². The lowest BCUT2D eigenvalue weighted by Gasteiger charge is -2.29. The van der Waals surface area contributed by atoms with Crippen molar-refractivity contribution in [3.63, 3.8) is 0 Å². The molecule has 1 aliphatic rings. The molecule has 4 rings (SSSR count). The second-order valence-electron chi connectivity index (χ2n) is 6.82. The minimum absolute atomic E-state index is 0.334. The third-order valence-corrected chi connectivity index (χ3v) is 5.07. The van der Waals surface area contributed by atoms with Gasteiger partial charge in [-0.05, 0) is 25.1 Å². The first-order valence-electron chi connectivity index (χ1n) is 9.43. The predicted molar refractivity (Wildman–Crippen MR) is 113 cm³/mol. The van der Waals surface area contributed by atoms with E-state index in [-0.39, 0.29) is 0 Å². The Kier molecular flexibility index (Phi) is 5.20. The number of allylic oxidation sites excluding steroid dienone is 1. The van der Waals surface area contributed by atoms with Crippen molar-refractivity contribution in [1.29, 1.82) is 0 Å². The Morgan fingerprint density at radius 3 is 2.45 bits per heavy atom. The van der Waals surface area contributed by atoms with Gasteiger partial charge in [0, 0.05) is 35.3 Å². The highest BCUT2D eigenvalue weighted by atomic mass is 16.5. The van der Waals surface area contributed by atoms with Crippen LogP contribution in [0.4, 0.5) is 5.95 Å². The number of fused-ring (bicyclic) bond motifs is 1. The van der Waals surface area contributed by atoms with Crippen LogP contribution in [-0.2, 0) is 4.79 Å². The van der Waals surface area contributed by atoms with Crippen LogP contribution < -0.4 is 25.3 Å². The van der Waals surface area contributed by atoms with E-state index in [2.05, 4.69) is 20.4 Å². The maximum Gasteiger partial charge on any atom is 0.248 e. The van der Waals surface area contributed by atoms with Crippen LogP contribution in [0.3, 0.4) is 0 Å². The first kappa shape index (κ1) is 20.2. The molecule has 3 heterocycles. The number of methoxy groups -OCH3 is 3. The molecule has 0 fully saturated rings. The Bertz CT molecular complexity index is 1170. The van der Waals surface area contributed by atoms with Gasteiger partial charge in [-0.2, -0.15) is 4.98 Å². The number of amides is 1. The van der Waals surface area contributed by atoms with Gasteiger partial charge >= 0.3 is 0 Å². The van der Waals surface area contributed by atoms with E-state index >= 15 is 0 Å². The van der Waals surface area contributed by atoms with Gasteiger partial charge in [-0.1, -0.05) is 0 Å². The number of benzene rings is 1. The molecule has 10 nitrogen and oxygen atoms in total. The number of carbonyl (C=O) groups excluding carboxylic acids is 1. The molecule has 160 valence electrons. The fourth-order valence-electron chi connectivity index (χ4n) is 3.64. The summed E-state index contributed by atoms with van der Waals surface area (Å²) in [6, 6.07) is 6.41. The first-order chi connectivity index (χ1) is 15.0. The fourth-order valence-corrected chi connectivity index (χ4v) is 3.64. The number of aromatic nitrogens is 4. The summed E-state index contributed by atoms with van der Waals surface area (Å²) in [5, 5.41) is 7.77. The number of nitrogens with one attached hydrogen (secondary N) is 1. The van der Waals surface area contributed by atoms with Gasteiger partial charge in [-0.25, -0.2) is 4.68 Å². The van der Waals surface area contributed by atoms with Crippen molar-refractivity contribution in [3.05, 3.63) is 53.5 Å². The molecule has 0 saturated carbocycles. The maximum atomic E-state index is 12.5. The lowest BCUT2D eigenvalue weighted by Crippen LogP contribution is -2.32. The maximum absolute atomic E-state index is 12.5. The van der Waals surface area contributed by atoms with Gasteiger partial charge in [-0.15, -0.1) is 5.10 Å². The van der Waals surface area contributed by atoms with E-state index in [9.17, 15) is 4.79 Å². The van der Waals surface area contributed by atoms with Gasteiger partial charge in [-0.3, -0.25) is 9.78 Å². The summed E-state index contributed by atoms with van der Waals surface area (Å²) in [5.74, 6) is 1.79. The van der Waals surface area contributed by atoms with E-state index in [1.807, 2.05) is 6.07 Å². The molecule has 2 aromatic heterocycles. The zero-order valence-electron chi connectivity index (χ0n) is 17.5. The fraction of sp³-hybridized carbons (Fsp3) is 0.238. The molecule has 1 aromatic carbocycles. The number of pyridine rings is 1. The van der Waals surface area contributed by atoms with E-state index in [1.54, 1.807) is 42.2 Å². The average molecular weight is 422 g/mol. The third kappa shape index (κ3) is 3.41. The molecule has 0 radical (unpaired) electrons. The van der Waals surface area contributed by atoms with E-state index in [1.165, 1.54) is 21.3 Å². The van der Waals surface area contributed by atoms with Crippen LogP contribution in [0.15, 0.2) is 47.9 Å². The van der Waals surface area contributed by atoms with Gasteiger partial charge in [0.2, 0.25) is 11.9 Å². The van der Waals surface area contributed by atoms with E-state index in [4.69, 9.17) is 19.9 Å². The molecule has 31 heavy (non-hydrogen) atoms. The van der Waals surface area contributed by atoms with Gasteiger partial charge in [0.25, 0.3) is 0 Å². The smallest absolute Gasteiger partial charge is 0.248 e. The standard InChI is InChI=1S/C21H22N6O4/c1-11-17(19(22)28)18(13-8-15(30-3)16(31-4)9-14(13)29-2)27-21(24-11)25-20(26-27)12-6-5-7-23-10-12/h5-10,18H,1-4H3,(H2,22,28)(H,24,25,26). The van der Waals surface area contributed by atoms with Crippen LogP contribution in [0.5, 0.6) is 17.2 Å². The molecule has 1 aliphatic heterocycles. The van der Waals surface area contributed by atoms with Crippen LogP contribution >= 0.6 is 0 Å². The van der Waals surface area contributed by atoms with Crippen molar-refractivity contribution in [2.75, 3.05) is 26.6 Å². The quantitative estimate of drug-likeness (QED) is 0.619. The number of hydrogen-bond acceptors (Lipinski definition) is 8. The number of carbonyl (C=O) groups is 1. The average Bonchev–Trinajstić information content (AvgIpc) is 3.21. The molecule has 3 N–H and O–H groups in total. The van der Waals surface area contributed by atoms with Crippen LogP contribution in [0, 0.1) is 0 Å². The van der Waals surface area contributed by atoms with Crippen LogP contribution in [0.1, 0.15) is 18.5 Å². The summed E-state index contributed by atoms with van der Waals surface area (Å²) in [4.78, 5) is 21.2. The first-order valence-corrected chi connectivity index (χ1v) is 9.43. The van der Waals surface area contributed by atoms with Crippen molar-refractivity contribution in [2.45, 2.75) is 13.0 Å². The molecule has 1 amide bonds. The Hall–Kier alpha value is -4.08. The Balaban J connectivity index is 1.96. The second kappa shape index (κ2) is 7.98. The topological polar surface area (TPSA) is 126 Å². The zero-order chi connectivity index (χ0) is 22.1. The largest absolute Gasteiger partial charge is 0.496 e. The normalized spacial score (nSPS) is 15.2. The number of nitrogens with zero attached hydrogens (tertiary/aromatic N) is 4. The molecule has 3 aromatic rings. The Labute approximate surface area is 178 Å². The summed E-state index contributed by atoms with van der Waals surface area (Å²) >= 11 is 0. The van der Waals surface area contributed by atoms with Crippen molar-refractivity contribution >= 4 is 11.9 Å². The number of ether oxygens (including phenoxy) is 3. The van der Waals surface area contributed by atoms with E-state index in [0.29, 0.717) is 45.9 Å². The number of nitrogens with two attached hydrogens (primary N) is 1. The number of anilines is 1. The van der Waals surface area contributed by atoms with Crippen LogP contribution in [0.2, 0.25) is 0 Å². The van der Waals surface area contributed by atoms with Crippen LogP contribution in [-0.4, -0.2) is 47.0 Å². The summed E-state index contributed by atoms with van der Waals surface area (Å²) in [6.07, 6.45) is 3.34. The van der Waals surface area contributed by atoms with Crippen molar-refractivity contribution in [1.82, 2.24) is 19.7 Å². The van der Waals surface area contributed by atoms with Gasteiger partial charge in [0.1, 0.15) is 11.8 Å². The minimum Gasteiger partial charge on any atom is -0.496 e. The summed E-state index contributed by atoms with van der Waals surface area (Å²) in [7, 11) is 4.61. The summed E-state index contributed by atoms with van der Waals surface area (Å²) in [5.41, 5.74) is 8.05. The van der Waals surface area contributed by atoms with Crippen LogP contribution in [0.25, 0.3) is 11.4 Å². The summed E-state index contributed by atoms with van der Waals surface area (Å²) < 4.78 is 18.1. The lowest BCUT2D eigenvalue weighted by molar-refractivity contribution is -0.115. The zero-order valence-corrected chi connectivity index (χ0v) is 17.5. The molecule has 0 bridgehead atoms. The minimum atomic E-state index is -0.693. The molecule has 1 atom stereocenters. The van der Waals surface area contributed by atoms with Crippen molar-refractivity contribution < 1.29 is 19.0 Å². The van der Waals surface area contributed by atoms with Crippen molar-refractivity contribution in [2.24, 2.45) is 5.73 Å². The second-order valence-corrected chi connectivity index (χ2v) is 6.82. The highest BCUT2D eigenvalue weighted by molar-refractivity contribution is 5.95. The van der Waals surface area contributed by atoms with E-state index in [0.717, 1.165) is 5.56 Å². The van der Waals surface area contributed by atoms with E-state index < -0.39 is 11.9 Å². The molecular formula is C21H22N6O4. The number of primary amides is 1. The highest BCUT2D eigenvalue weighted by Crippen LogP contribution is 2.44. The molecule has 0 aliphatic carbocycles. The molecule has 1 unspecified atom stereocenters. The Morgan fingerprint density at radius 1 is 1.13 bits per heavy atom. The lowest BCUT2D eigenvalue weighted by atomic mass is 9.94. The predicted octanol–water partition coefficient (Wildman–Crippen LogP) is 2.14. The molecule has 0 spiro atoms. The van der Waals surface area contributed by atoms with Gasteiger partial charge in [0.05, 0.1) is 26.9 Å². The monoisotopic (exact) mass is 422 g/mol. The highest BCUT2D eigenvalue weighted by Gasteiger charge is 2.36. The van der Waals surface area contributed by atoms with Gasteiger partial charge in [0.15, 0.2) is 17.3 Å². The van der Waals surface area contributed by atoms with Gasteiger partial charge < -0.3 is 25.3 Å². The third-order valence-electron chi connectivity index (χ3n) is 5.07.